The average Bonchev–Trinajstić information content (AvgIpc) is 2.96. The Labute approximate surface area is 163 Å². The number of amides is 2. The molecular weight excluding hydrogens is 383 g/mol. The van der Waals surface area contributed by atoms with Crippen LogP contribution in [0.3, 0.4) is 0 Å². The molecule has 8 heteroatoms. The van der Waals surface area contributed by atoms with Crippen LogP contribution in [0.15, 0.2) is 59.5 Å². The van der Waals surface area contributed by atoms with Gasteiger partial charge in [0.15, 0.2) is 0 Å². The fraction of sp³-hybridized carbons (Fsp3) is 0.300. The monoisotopic (exact) mass is 404 g/mol. The number of benzene rings is 2. The summed E-state index contributed by atoms with van der Waals surface area (Å²) < 4.78 is 40.8. The third-order valence-electron chi connectivity index (χ3n) is 4.86. The Morgan fingerprint density at radius 2 is 1.71 bits per heavy atom. The molecule has 0 spiro atoms. The molecule has 1 saturated heterocycles. The van der Waals surface area contributed by atoms with Crippen molar-refractivity contribution < 1.29 is 22.4 Å². The summed E-state index contributed by atoms with van der Waals surface area (Å²) in [6, 6.07) is 11.2. The smallest absolute Gasteiger partial charge is 0.252 e. The molecule has 2 amide bonds. The van der Waals surface area contributed by atoms with E-state index < -0.39 is 39.7 Å². The lowest BCUT2D eigenvalue weighted by molar-refractivity contribution is -0.122. The first kappa shape index (κ1) is 20.2. The van der Waals surface area contributed by atoms with Gasteiger partial charge in [0.1, 0.15) is 11.9 Å². The van der Waals surface area contributed by atoms with Gasteiger partial charge < -0.3 is 0 Å². The molecule has 0 N–H and O–H groups in total. The van der Waals surface area contributed by atoms with E-state index in [2.05, 4.69) is 0 Å². The van der Waals surface area contributed by atoms with E-state index in [1.54, 1.807) is 44.2 Å². The zero-order valence-electron chi connectivity index (χ0n) is 15.6. The molecule has 2 aromatic carbocycles. The fourth-order valence-corrected chi connectivity index (χ4v) is 5.13. The van der Waals surface area contributed by atoms with Crippen LogP contribution in [0.25, 0.3) is 0 Å². The number of rotatable bonds is 6. The predicted molar refractivity (Wildman–Crippen MR) is 103 cm³/mol. The van der Waals surface area contributed by atoms with Gasteiger partial charge in [0, 0.05) is 6.04 Å². The molecule has 0 bridgehead atoms. The van der Waals surface area contributed by atoms with E-state index in [0.717, 1.165) is 33.5 Å². The highest BCUT2D eigenvalue weighted by Gasteiger charge is 2.48. The van der Waals surface area contributed by atoms with Crippen LogP contribution < -0.4 is 4.90 Å². The largest absolute Gasteiger partial charge is 0.274 e. The Morgan fingerprint density at radius 1 is 1.11 bits per heavy atom. The minimum Gasteiger partial charge on any atom is -0.274 e. The molecule has 0 saturated carbocycles. The standard InChI is InChI=1S/C20H21FN2O4S/c1-3-14(2)23(28(26,27)17-11-9-15(21)10-12-17)18-13-19(24)22(20(18)25)16-7-5-4-6-8-16/h4-12,14,18H,3,13H2,1-2H3. The average molecular weight is 404 g/mol. The van der Waals surface area contributed by atoms with Crippen LogP contribution in [0.5, 0.6) is 0 Å². The molecule has 0 aliphatic carbocycles. The van der Waals surface area contributed by atoms with Crippen LogP contribution in [0.1, 0.15) is 26.7 Å². The van der Waals surface area contributed by atoms with Gasteiger partial charge in [-0.3, -0.25) is 9.59 Å². The van der Waals surface area contributed by atoms with Crippen LogP contribution in [0, 0.1) is 5.82 Å². The number of anilines is 1. The van der Waals surface area contributed by atoms with E-state index in [-0.39, 0.29) is 11.3 Å². The highest BCUT2D eigenvalue weighted by atomic mass is 32.2. The molecule has 1 aliphatic heterocycles. The quantitative estimate of drug-likeness (QED) is 0.694. The number of para-hydroxylation sites is 1. The van der Waals surface area contributed by atoms with Crippen LogP contribution in [0.4, 0.5) is 10.1 Å². The van der Waals surface area contributed by atoms with Crippen LogP contribution in [0.2, 0.25) is 0 Å². The van der Waals surface area contributed by atoms with Gasteiger partial charge in [-0.05, 0) is 49.7 Å². The molecule has 148 valence electrons. The van der Waals surface area contributed by atoms with Crippen molar-refractivity contribution in [1.82, 2.24) is 4.31 Å². The lowest BCUT2D eigenvalue weighted by Crippen LogP contribution is -2.49. The third-order valence-corrected chi connectivity index (χ3v) is 6.90. The maximum Gasteiger partial charge on any atom is 0.252 e. The van der Waals surface area contributed by atoms with Gasteiger partial charge in [-0.15, -0.1) is 0 Å². The molecule has 2 aromatic rings. The van der Waals surface area contributed by atoms with Crippen LogP contribution in [-0.4, -0.2) is 36.6 Å². The molecule has 3 rings (SSSR count). The van der Waals surface area contributed by atoms with E-state index in [0.29, 0.717) is 12.1 Å². The summed E-state index contributed by atoms with van der Waals surface area (Å²) in [5, 5.41) is 0. The van der Waals surface area contributed by atoms with Crippen molar-refractivity contribution in [3.63, 3.8) is 0 Å². The summed E-state index contributed by atoms with van der Waals surface area (Å²) >= 11 is 0. The van der Waals surface area contributed by atoms with Gasteiger partial charge in [0.05, 0.1) is 17.0 Å². The highest BCUT2D eigenvalue weighted by Crippen LogP contribution is 2.31. The van der Waals surface area contributed by atoms with Crippen molar-refractivity contribution in [1.29, 1.82) is 0 Å². The normalized spacial score (nSPS) is 18.7. The Morgan fingerprint density at radius 3 is 2.29 bits per heavy atom. The van der Waals surface area contributed by atoms with E-state index in [9.17, 15) is 22.4 Å². The van der Waals surface area contributed by atoms with Gasteiger partial charge in [0.2, 0.25) is 15.9 Å². The molecule has 2 atom stereocenters. The number of carbonyl (C=O) groups excluding carboxylic acids is 2. The van der Waals surface area contributed by atoms with Crippen molar-refractivity contribution in [3.05, 3.63) is 60.4 Å². The summed E-state index contributed by atoms with van der Waals surface area (Å²) in [6.45, 7) is 3.48. The molecule has 28 heavy (non-hydrogen) atoms. The number of hydrogen-bond donors (Lipinski definition) is 0. The molecule has 1 heterocycles. The van der Waals surface area contributed by atoms with Crippen molar-refractivity contribution in [2.45, 2.75) is 43.7 Å². The van der Waals surface area contributed by atoms with E-state index in [4.69, 9.17) is 0 Å². The van der Waals surface area contributed by atoms with E-state index in [1.807, 2.05) is 0 Å². The zero-order valence-corrected chi connectivity index (χ0v) is 16.4. The Hall–Kier alpha value is -2.58. The first-order valence-electron chi connectivity index (χ1n) is 8.98. The summed E-state index contributed by atoms with van der Waals surface area (Å²) in [6.07, 6.45) is 0.211. The molecular formula is C20H21FN2O4S. The van der Waals surface area contributed by atoms with Gasteiger partial charge >= 0.3 is 0 Å². The Bertz CT molecular complexity index is 977. The summed E-state index contributed by atoms with van der Waals surface area (Å²) in [7, 11) is -4.11. The number of carbonyl (C=O) groups is 2. The predicted octanol–water partition coefficient (Wildman–Crippen LogP) is 2.95. The van der Waals surface area contributed by atoms with Crippen molar-refractivity contribution in [2.24, 2.45) is 0 Å². The third kappa shape index (κ3) is 3.57. The lowest BCUT2D eigenvalue weighted by atomic mass is 10.2. The Balaban J connectivity index is 2.02. The summed E-state index contributed by atoms with van der Waals surface area (Å²) in [5.74, 6) is -1.59. The molecule has 0 aromatic heterocycles. The lowest BCUT2D eigenvalue weighted by Gasteiger charge is -2.31. The second kappa shape index (κ2) is 7.81. The number of nitrogens with zero attached hydrogens (tertiary/aromatic N) is 2. The number of sulfonamides is 1. The fourth-order valence-electron chi connectivity index (χ4n) is 3.28. The van der Waals surface area contributed by atoms with E-state index >= 15 is 0 Å². The van der Waals surface area contributed by atoms with Gasteiger partial charge in [-0.1, -0.05) is 25.1 Å². The first-order chi connectivity index (χ1) is 13.3. The van der Waals surface area contributed by atoms with Gasteiger partial charge in [-0.2, -0.15) is 4.31 Å². The van der Waals surface area contributed by atoms with Gasteiger partial charge in [0.25, 0.3) is 5.91 Å². The van der Waals surface area contributed by atoms with Crippen molar-refractivity contribution >= 4 is 27.5 Å². The van der Waals surface area contributed by atoms with Crippen molar-refractivity contribution in [3.8, 4) is 0 Å². The maximum atomic E-state index is 13.2. The molecule has 1 aliphatic rings. The maximum absolute atomic E-state index is 13.2. The first-order valence-corrected chi connectivity index (χ1v) is 10.4. The number of hydrogen-bond acceptors (Lipinski definition) is 4. The van der Waals surface area contributed by atoms with E-state index in [1.165, 1.54) is 0 Å². The molecule has 0 radical (unpaired) electrons. The topological polar surface area (TPSA) is 74.8 Å². The number of halogens is 1. The molecule has 6 nitrogen and oxygen atoms in total. The highest BCUT2D eigenvalue weighted by molar-refractivity contribution is 7.89. The number of imide groups is 1. The van der Waals surface area contributed by atoms with Crippen LogP contribution >= 0.6 is 0 Å². The van der Waals surface area contributed by atoms with Crippen molar-refractivity contribution in [2.75, 3.05) is 4.90 Å². The SMILES string of the molecule is CCC(C)N(C1CC(=O)N(c2ccccc2)C1=O)S(=O)(=O)c1ccc(F)cc1. The zero-order chi connectivity index (χ0) is 20.5. The van der Waals surface area contributed by atoms with Crippen LogP contribution in [-0.2, 0) is 19.6 Å². The summed E-state index contributed by atoms with van der Waals surface area (Å²) in [4.78, 5) is 26.5. The van der Waals surface area contributed by atoms with Gasteiger partial charge in [-0.25, -0.2) is 17.7 Å². The molecule has 2 unspecified atom stereocenters. The second-order valence-electron chi connectivity index (χ2n) is 6.67. The second-order valence-corrected chi connectivity index (χ2v) is 8.51. The minimum atomic E-state index is -4.11. The summed E-state index contributed by atoms with van der Waals surface area (Å²) in [5.41, 5.74) is 0.406. The Kier molecular flexibility index (Phi) is 5.62. The minimum absolute atomic E-state index is 0.118. The molecule has 1 fully saturated rings.